The van der Waals surface area contributed by atoms with Gasteiger partial charge in [-0.3, -0.25) is 24.0 Å². The molecular weight excluding hydrogens is 414 g/mol. The molecule has 11 nitrogen and oxygen atoms in total. The highest BCUT2D eigenvalue weighted by molar-refractivity contribution is 5.71. The van der Waals surface area contributed by atoms with Crippen LogP contribution in [-0.2, 0) is 17.7 Å². The van der Waals surface area contributed by atoms with Crippen LogP contribution in [0.25, 0.3) is 11.2 Å². The van der Waals surface area contributed by atoms with Crippen LogP contribution >= 0.6 is 0 Å². The van der Waals surface area contributed by atoms with Gasteiger partial charge in [-0.2, -0.15) is 4.98 Å². The molecule has 3 aromatic rings. The lowest BCUT2D eigenvalue weighted by Crippen LogP contribution is -2.24. The maximum Gasteiger partial charge on any atom is 0.283 e. The van der Waals surface area contributed by atoms with Crippen LogP contribution in [0.2, 0.25) is 0 Å². The van der Waals surface area contributed by atoms with E-state index in [1.807, 2.05) is 18.7 Å². The molecule has 3 heterocycles. The molecule has 1 fully saturated rings. The Hall–Kier alpha value is -3.60. The molecule has 0 bridgehead atoms. The summed E-state index contributed by atoms with van der Waals surface area (Å²) in [6, 6.07) is 6.28. The molecule has 0 amide bonds. The number of nitro benzene ring substituents is 1. The molecule has 0 spiro atoms. The summed E-state index contributed by atoms with van der Waals surface area (Å²) in [6.45, 7) is 0.981. The van der Waals surface area contributed by atoms with Crippen molar-refractivity contribution < 1.29 is 9.66 Å². The van der Waals surface area contributed by atoms with E-state index in [0.717, 1.165) is 24.8 Å². The minimum atomic E-state index is -0.438. The number of hydrogen-bond acceptors (Lipinski definition) is 7. The largest absolute Gasteiger partial charge is 0.369 e. The predicted molar refractivity (Wildman–Crippen MR) is 119 cm³/mol. The Kier molecular flexibility index (Phi) is 6.26. The minimum Gasteiger partial charge on any atom is -0.369 e. The van der Waals surface area contributed by atoms with E-state index < -0.39 is 4.92 Å². The molecular formula is C21H25N7O4. The van der Waals surface area contributed by atoms with E-state index in [1.165, 1.54) is 16.7 Å². The summed E-state index contributed by atoms with van der Waals surface area (Å²) in [7, 11) is 3.67. The van der Waals surface area contributed by atoms with Crippen molar-refractivity contribution in [1.29, 1.82) is 0 Å². The van der Waals surface area contributed by atoms with Gasteiger partial charge < -0.3 is 9.64 Å². The van der Waals surface area contributed by atoms with E-state index in [-0.39, 0.29) is 28.9 Å². The van der Waals surface area contributed by atoms with Gasteiger partial charge in [0.05, 0.1) is 17.6 Å². The molecule has 1 saturated heterocycles. The molecule has 4 rings (SSSR count). The Balaban J connectivity index is 1.69. The normalized spacial score (nSPS) is 16.6. The van der Waals surface area contributed by atoms with E-state index in [1.54, 1.807) is 29.7 Å². The Morgan fingerprint density at radius 3 is 2.75 bits per heavy atom. The monoisotopic (exact) mass is 439 g/mol. The minimum absolute atomic E-state index is 0.0285. The van der Waals surface area contributed by atoms with Gasteiger partial charge in [-0.1, -0.05) is 12.1 Å². The number of imidazole rings is 1. The van der Waals surface area contributed by atoms with Gasteiger partial charge in [-0.25, -0.2) is 9.98 Å². The molecule has 168 valence electrons. The van der Waals surface area contributed by atoms with Crippen molar-refractivity contribution in [1.82, 2.24) is 24.0 Å². The topological polar surface area (TPSA) is 121 Å². The van der Waals surface area contributed by atoms with E-state index >= 15 is 0 Å². The third-order valence-electron chi connectivity index (χ3n) is 5.30. The summed E-state index contributed by atoms with van der Waals surface area (Å²) >= 11 is 0. The molecule has 0 radical (unpaired) electrons. The second kappa shape index (κ2) is 9.27. The first-order valence-corrected chi connectivity index (χ1v) is 10.5. The summed E-state index contributed by atoms with van der Waals surface area (Å²) < 4.78 is 9.15. The highest BCUT2D eigenvalue weighted by Crippen LogP contribution is 2.25. The van der Waals surface area contributed by atoms with Crippen LogP contribution in [0.1, 0.15) is 31.1 Å². The number of rotatable bonds is 7. The van der Waals surface area contributed by atoms with Gasteiger partial charge in [0, 0.05) is 39.4 Å². The third kappa shape index (κ3) is 4.52. The summed E-state index contributed by atoms with van der Waals surface area (Å²) in [4.78, 5) is 38.9. The SMILES string of the molecule is CN(C)/C=N/c1nc2c(ncn2C2CCCCO2)c(=O)n1CCc1ccc([N+](=O)[O-])cc1. The standard InChI is InChI=1S/C21H25N7O4/c1-25(2)13-23-21-24-19-18(22-14-27(19)17-5-3-4-12-32-17)20(29)26(21)11-10-15-6-8-16(9-7-15)28(30)31/h6-9,13-14,17H,3-5,10-12H2,1-2H3/b23-13+. The zero-order valence-electron chi connectivity index (χ0n) is 18.0. The number of fused-ring (bicyclic) bond motifs is 1. The third-order valence-corrected chi connectivity index (χ3v) is 5.30. The Morgan fingerprint density at radius 1 is 1.31 bits per heavy atom. The number of aliphatic imine (C=N–C) groups is 1. The van der Waals surface area contributed by atoms with Gasteiger partial charge in [-0.15, -0.1) is 0 Å². The number of aryl methyl sites for hydroxylation is 1. The molecule has 2 aromatic heterocycles. The zero-order chi connectivity index (χ0) is 22.7. The predicted octanol–water partition coefficient (Wildman–Crippen LogP) is 2.66. The number of benzene rings is 1. The number of nitro groups is 1. The van der Waals surface area contributed by atoms with Crippen LogP contribution in [0.15, 0.2) is 40.4 Å². The molecule has 1 atom stereocenters. The number of non-ortho nitro benzene ring substituents is 1. The summed E-state index contributed by atoms with van der Waals surface area (Å²) in [5.74, 6) is 0.274. The highest BCUT2D eigenvalue weighted by Gasteiger charge is 2.22. The maximum absolute atomic E-state index is 13.3. The maximum atomic E-state index is 13.3. The summed E-state index contributed by atoms with van der Waals surface area (Å²) in [5.41, 5.74) is 1.34. The van der Waals surface area contributed by atoms with Crippen LogP contribution < -0.4 is 5.56 Å². The van der Waals surface area contributed by atoms with Crippen molar-refractivity contribution in [2.24, 2.45) is 4.99 Å². The Morgan fingerprint density at radius 2 is 2.09 bits per heavy atom. The van der Waals surface area contributed by atoms with Crippen molar-refractivity contribution >= 4 is 29.1 Å². The van der Waals surface area contributed by atoms with Crippen LogP contribution in [0.4, 0.5) is 11.6 Å². The average Bonchev–Trinajstić information content (AvgIpc) is 3.22. The van der Waals surface area contributed by atoms with Crippen LogP contribution in [0.5, 0.6) is 0 Å². The van der Waals surface area contributed by atoms with Crippen molar-refractivity contribution in [2.75, 3.05) is 20.7 Å². The molecule has 0 aliphatic carbocycles. The lowest BCUT2D eigenvalue weighted by molar-refractivity contribution is -0.384. The van der Waals surface area contributed by atoms with Crippen molar-refractivity contribution in [3.05, 3.63) is 56.6 Å². The fraction of sp³-hybridized carbons (Fsp3) is 0.429. The second-order valence-corrected chi connectivity index (χ2v) is 7.90. The van der Waals surface area contributed by atoms with Crippen molar-refractivity contribution in [2.45, 2.75) is 38.5 Å². The highest BCUT2D eigenvalue weighted by atomic mass is 16.6. The second-order valence-electron chi connectivity index (χ2n) is 7.90. The molecule has 11 heteroatoms. The summed E-state index contributed by atoms with van der Waals surface area (Å²) in [6.07, 6.45) is 6.40. The first-order valence-electron chi connectivity index (χ1n) is 10.5. The Bertz CT molecular complexity index is 1190. The average molecular weight is 439 g/mol. The molecule has 0 saturated carbocycles. The number of nitrogens with zero attached hydrogens (tertiary/aromatic N) is 7. The first kappa shape index (κ1) is 21.6. The molecule has 0 N–H and O–H groups in total. The van der Waals surface area contributed by atoms with Gasteiger partial charge in [0.25, 0.3) is 11.2 Å². The molecule has 1 unspecified atom stereocenters. The van der Waals surface area contributed by atoms with E-state index in [2.05, 4.69) is 15.0 Å². The lowest BCUT2D eigenvalue weighted by Gasteiger charge is -2.23. The zero-order valence-corrected chi connectivity index (χ0v) is 18.0. The number of ether oxygens (including phenoxy) is 1. The lowest BCUT2D eigenvalue weighted by atomic mass is 10.1. The van der Waals surface area contributed by atoms with Crippen LogP contribution in [0.3, 0.4) is 0 Å². The van der Waals surface area contributed by atoms with Gasteiger partial charge in [-0.05, 0) is 31.2 Å². The molecule has 32 heavy (non-hydrogen) atoms. The fourth-order valence-corrected chi connectivity index (χ4v) is 3.64. The number of aromatic nitrogens is 4. The van der Waals surface area contributed by atoms with E-state index in [9.17, 15) is 14.9 Å². The van der Waals surface area contributed by atoms with Crippen LogP contribution in [-0.4, -0.2) is 56.0 Å². The van der Waals surface area contributed by atoms with Gasteiger partial charge >= 0.3 is 0 Å². The quantitative estimate of drug-likeness (QED) is 0.240. The number of hydrogen-bond donors (Lipinski definition) is 0. The summed E-state index contributed by atoms with van der Waals surface area (Å²) in [5, 5.41) is 10.9. The Labute approximate surface area is 184 Å². The van der Waals surface area contributed by atoms with Crippen molar-refractivity contribution in [3.63, 3.8) is 0 Å². The molecule has 1 aliphatic rings. The van der Waals surface area contributed by atoms with Gasteiger partial charge in [0.1, 0.15) is 6.23 Å². The smallest absolute Gasteiger partial charge is 0.283 e. The van der Waals surface area contributed by atoms with Crippen molar-refractivity contribution in [3.8, 4) is 0 Å². The van der Waals surface area contributed by atoms with E-state index in [0.29, 0.717) is 25.2 Å². The molecule has 1 aromatic carbocycles. The fourth-order valence-electron chi connectivity index (χ4n) is 3.64. The van der Waals surface area contributed by atoms with Gasteiger partial charge in [0.2, 0.25) is 5.95 Å². The first-order chi connectivity index (χ1) is 15.4. The van der Waals surface area contributed by atoms with Crippen LogP contribution in [0, 0.1) is 10.1 Å². The van der Waals surface area contributed by atoms with E-state index in [4.69, 9.17) is 4.74 Å². The molecule has 1 aliphatic heterocycles. The van der Waals surface area contributed by atoms with Gasteiger partial charge in [0.15, 0.2) is 11.2 Å².